The Morgan fingerprint density at radius 1 is 0.442 bits per heavy atom. The van der Waals surface area contributed by atoms with E-state index in [4.69, 9.17) is 24.4 Å². The molecule has 0 saturated carbocycles. The van der Waals surface area contributed by atoms with Crippen LogP contribution in [0.3, 0.4) is 0 Å². The number of aromatic nitrogens is 4. The summed E-state index contributed by atoms with van der Waals surface area (Å²) in [6.45, 7) is 0. The zero-order chi connectivity index (χ0) is 28.3. The zero-order valence-electron chi connectivity index (χ0n) is 22.9. The number of rotatable bonds is 3. The van der Waals surface area contributed by atoms with Gasteiger partial charge in [0.2, 0.25) is 0 Å². The van der Waals surface area contributed by atoms with Gasteiger partial charge in [-0.3, -0.25) is 4.98 Å². The van der Waals surface area contributed by atoms with E-state index in [2.05, 4.69) is 60.7 Å². The third-order valence-corrected chi connectivity index (χ3v) is 8.15. The Kier molecular flexibility index (Phi) is 5.13. The highest BCUT2D eigenvalue weighted by atomic mass is 16.3. The van der Waals surface area contributed by atoms with Gasteiger partial charge in [-0.05, 0) is 45.1 Å². The van der Waals surface area contributed by atoms with E-state index >= 15 is 0 Å². The lowest BCUT2D eigenvalue weighted by Crippen LogP contribution is -2.01. The second-order valence-corrected chi connectivity index (χ2v) is 10.7. The summed E-state index contributed by atoms with van der Waals surface area (Å²) in [6, 6.07) is 43.3. The Morgan fingerprint density at radius 3 is 2.05 bits per heavy atom. The first-order valence-electron chi connectivity index (χ1n) is 14.2. The van der Waals surface area contributed by atoms with Crippen molar-refractivity contribution < 1.29 is 4.42 Å². The van der Waals surface area contributed by atoms with Crippen molar-refractivity contribution in [3.63, 3.8) is 0 Å². The molecule has 0 unspecified atom stereocenters. The summed E-state index contributed by atoms with van der Waals surface area (Å²) in [6.07, 6.45) is 1.95. The molecule has 0 bridgehead atoms. The zero-order valence-corrected chi connectivity index (χ0v) is 22.9. The lowest BCUT2D eigenvalue weighted by atomic mass is 9.97. The van der Waals surface area contributed by atoms with Crippen LogP contribution in [0.2, 0.25) is 0 Å². The fraction of sp³-hybridized carbons (Fsp3) is 0. The molecule has 5 nitrogen and oxygen atoms in total. The van der Waals surface area contributed by atoms with Crippen molar-refractivity contribution >= 4 is 54.3 Å². The molecule has 0 amide bonds. The molecule has 0 spiro atoms. The number of fused-ring (bicyclic) bond motifs is 8. The van der Waals surface area contributed by atoms with Gasteiger partial charge < -0.3 is 4.42 Å². The SMILES string of the molecule is c1ccc(-c2nc(-c3cc4ccc5ccc6ccccc6c5c4cn3)nc(-c3cccc4oc5ccccc5c34)n2)cc1. The van der Waals surface area contributed by atoms with Crippen LogP contribution in [0.1, 0.15) is 0 Å². The monoisotopic (exact) mass is 550 g/mol. The number of para-hydroxylation sites is 1. The summed E-state index contributed by atoms with van der Waals surface area (Å²) in [5.41, 5.74) is 4.12. The number of pyridine rings is 1. The molecule has 0 atom stereocenters. The van der Waals surface area contributed by atoms with Gasteiger partial charge in [0.05, 0.1) is 0 Å². The van der Waals surface area contributed by atoms with Crippen LogP contribution in [0.5, 0.6) is 0 Å². The predicted molar refractivity (Wildman–Crippen MR) is 174 cm³/mol. The van der Waals surface area contributed by atoms with E-state index in [0.29, 0.717) is 23.2 Å². The molecule has 9 rings (SSSR count). The molecule has 5 heteroatoms. The van der Waals surface area contributed by atoms with E-state index in [1.807, 2.05) is 72.9 Å². The van der Waals surface area contributed by atoms with Gasteiger partial charge in [0, 0.05) is 33.5 Å². The van der Waals surface area contributed by atoms with Crippen LogP contribution in [0.4, 0.5) is 0 Å². The van der Waals surface area contributed by atoms with Crippen LogP contribution in [-0.4, -0.2) is 19.9 Å². The molecule has 43 heavy (non-hydrogen) atoms. The van der Waals surface area contributed by atoms with Gasteiger partial charge in [-0.25, -0.2) is 15.0 Å². The van der Waals surface area contributed by atoms with E-state index in [1.54, 1.807) is 0 Å². The number of nitrogens with zero attached hydrogens (tertiary/aromatic N) is 4. The minimum Gasteiger partial charge on any atom is -0.456 e. The summed E-state index contributed by atoms with van der Waals surface area (Å²) in [5, 5.41) is 9.02. The standard InChI is InChI=1S/C38H22N4O/c1-2-10-25(11-3-1)36-40-37(29-14-8-16-33-35(29)28-13-6-7-15-32(28)43-33)42-38(41-36)31-21-26-20-19-24-18-17-23-9-4-5-12-27(23)34(24)30(26)22-39-31/h1-22H. The quantitative estimate of drug-likeness (QED) is 0.205. The molecule has 0 radical (unpaired) electrons. The molecule has 6 aromatic carbocycles. The average Bonchev–Trinajstić information content (AvgIpc) is 3.47. The normalized spacial score (nSPS) is 11.7. The van der Waals surface area contributed by atoms with Crippen molar-refractivity contribution in [2.24, 2.45) is 0 Å². The number of hydrogen-bond donors (Lipinski definition) is 0. The van der Waals surface area contributed by atoms with E-state index in [1.165, 1.54) is 21.5 Å². The molecule has 0 N–H and O–H groups in total. The molecule has 3 aromatic heterocycles. The third-order valence-electron chi connectivity index (χ3n) is 8.15. The second-order valence-electron chi connectivity index (χ2n) is 10.7. The Bertz CT molecular complexity index is 2520. The maximum absolute atomic E-state index is 6.17. The summed E-state index contributed by atoms with van der Waals surface area (Å²) in [4.78, 5) is 19.9. The van der Waals surface area contributed by atoms with Crippen molar-refractivity contribution in [1.29, 1.82) is 0 Å². The van der Waals surface area contributed by atoms with Crippen molar-refractivity contribution in [2.45, 2.75) is 0 Å². The lowest BCUT2D eigenvalue weighted by Gasteiger charge is -2.11. The van der Waals surface area contributed by atoms with Gasteiger partial charge in [-0.1, -0.05) is 109 Å². The van der Waals surface area contributed by atoms with Crippen LogP contribution in [0.25, 0.3) is 88.5 Å². The minimum absolute atomic E-state index is 0.522. The van der Waals surface area contributed by atoms with Crippen molar-refractivity contribution in [3.8, 4) is 34.3 Å². The van der Waals surface area contributed by atoms with Gasteiger partial charge in [-0.2, -0.15) is 0 Å². The van der Waals surface area contributed by atoms with Crippen molar-refractivity contribution in [2.75, 3.05) is 0 Å². The van der Waals surface area contributed by atoms with E-state index in [9.17, 15) is 0 Å². The Labute approximate surface area is 246 Å². The minimum atomic E-state index is 0.522. The second kappa shape index (κ2) is 9.29. The molecule has 0 saturated heterocycles. The Hall–Kier alpha value is -5.94. The highest BCUT2D eigenvalue weighted by Crippen LogP contribution is 2.37. The largest absolute Gasteiger partial charge is 0.456 e. The van der Waals surface area contributed by atoms with E-state index < -0.39 is 0 Å². The number of hydrogen-bond acceptors (Lipinski definition) is 5. The smallest absolute Gasteiger partial charge is 0.182 e. The molecule has 0 aliphatic carbocycles. The summed E-state index contributed by atoms with van der Waals surface area (Å²) in [5.74, 6) is 1.69. The Morgan fingerprint density at radius 2 is 1.14 bits per heavy atom. The molecule has 9 aromatic rings. The van der Waals surface area contributed by atoms with Crippen LogP contribution in [0, 0.1) is 0 Å². The first kappa shape index (κ1) is 23.7. The van der Waals surface area contributed by atoms with Gasteiger partial charge in [0.1, 0.15) is 16.9 Å². The highest BCUT2D eigenvalue weighted by Gasteiger charge is 2.18. The van der Waals surface area contributed by atoms with E-state index in [-0.39, 0.29) is 0 Å². The molecule has 0 aliphatic rings. The third kappa shape index (κ3) is 3.79. The summed E-state index contributed by atoms with van der Waals surface area (Å²) >= 11 is 0. The summed E-state index contributed by atoms with van der Waals surface area (Å²) < 4.78 is 6.17. The topological polar surface area (TPSA) is 64.7 Å². The molecule has 0 fully saturated rings. The maximum Gasteiger partial charge on any atom is 0.182 e. The average molecular weight is 551 g/mol. The van der Waals surface area contributed by atoms with Gasteiger partial charge in [0.25, 0.3) is 0 Å². The lowest BCUT2D eigenvalue weighted by molar-refractivity contribution is 0.669. The van der Waals surface area contributed by atoms with Crippen LogP contribution in [0.15, 0.2) is 138 Å². The molecule has 200 valence electrons. The van der Waals surface area contributed by atoms with Gasteiger partial charge >= 0.3 is 0 Å². The highest BCUT2D eigenvalue weighted by molar-refractivity contribution is 6.20. The molecule has 0 aliphatic heterocycles. The molecular formula is C38H22N4O. The predicted octanol–water partition coefficient (Wildman–Crippen LogP) is 9.63. The first-order valence-corrected chi connectivity index (χ1v) is 14.2. The molecular weight excluding hydrogens is 528 g/mol. The van der Waals surface area contributed by atoms with Crippen LogP contribution < -0.4 is 0 Å². The fourth-order valence-corrected chi connectivity index (χ4v) is 6.14. The van der Waals surface area contributed by atoms with E-state index in [0.717, 1.165) is 43.8 Å². The molecule has 3 heterocycles. The van der Waals surface area contributed by atoms with Crippen molar-refractivity contribution in [3.05, 3.63) is 134 Å². The van der Waals surface area contributed by atoms with Crippen LogP contribution in [-0.2, 0) is 0 Å². The first-order chi connectivity index (χ1) is 21.3. The number of furan rings is 1. The Balaban J connectivity index is 1.29. The number of benzene rings is 6. The fourth-order valence-electron chi connectivity index (χ4n) is 6.14. The van der Waals surface area contributed by atoms with Gasteiger partial charge in [-0.15, -0.1) is 0 Å². The maximum atomic E-state index is 6.17. The summed E-state index contributed by atoms with van der Waals surface area (Å²) in [7, 11) is 0. The van der Waals surface area contributed by atoms with Gasteiger partial charge in [0.15, 0.2) is 17.5 Å². The van der Waals surface area contributed by atoms with Crippen LogP contribution >= 0.6 is 0 Å². The van der Waals surface area contributed by atoms with Crippen molar-refractivity contribution in [1.82, 2.24) is 19.9 Å².